The van der Waals surface area contributed by atoms with Crippen molar-refractivity contribution in [2.24, 2.45) is 9.63 Å². The van der Waals surface area contributed by atoms with Gasteiger partial charge in [-0.05, 0) is 12.1 Å². The number of ether oxygens (including phenoxy) is 2. The quantitative estimate of drug-likeness (QED) is 0.511. The van der Waals surface area contributed by atoms with Crippen LogP contribution in [0.15, 0.2) is 33.9 Å². The Bertz CT molecular complexity index is 494. The lowest BCUT2D eigenvalue weighted by Crippen LogP contribution is -2.46. The van der Waals surface area contributed by atoms with Crippen LogP contribution in [0, 0.1) is 0 Å². The van der Waals surface area contributed by atoms with Gasteiger partial charge in [-0.15, -0.1) is 9.63 Å². The molecule has 0 saturated carbocycles. The normalized spacial score (nSPS) is 26.4. The SMILES string of the molecule is COC1SN=NC1(OC)C(=O)c1cccc(N)c1. The van der Waals surface area contributed by atoms with Crippen molar-refractivity contribution in [2.75, 3.05) is 20.0 Å². The highest BCUT2D eigenvalue weighted by Crippen LogP contribution is 2.39. The molecule has 1 aromatic rings. The molecule has 0 spiro atoms. The largest absolute Gasteiger partial charge is 0.399 e. The maximum atomic E-state index is 12.5. The van der Waals surface area contributed by atoms with Gasteiger partial charge in [-0.1, -0.05) is 12.1 Å². The Labute approximate surface area is 109 Å². The predicted octanol–water partition coefficient (Wildman–Crippen LogP) is 1.88. The zero-order chi connectivity index (χ0) is 13.2. The number of nitrogens with two attached hydrogens (primary N) is 1. The third kappa shape index (κ3) is 2.00. The summed E-state index contributed by atoms with van der Waals surface area (Å²) in [5.41, 5.74) is 4.55. The van der Waals surface area contributed by atoms with Crippen molar-refractivity contribution in [3.8, 4) is 0 Å². The summed E-state index contributed by atoms with van der Waals surface area (Å²) < 4.78 is 14.2. The summed E-state index contributed by atoms with van der Waals surface area (Å²) in [4.78, 5) is 12.5. The van der Waals surface area contributed by atoms with Crippen molar-refractivity contribution in [3.05, 3.63) is 29.8 Å². The lowest BCUT2D eigenvalue weighted by atomic mass is 10.0. The van der Waals surface area contributed by atoms with E-state index >= 15 is 0 Å². The van der Waals surface area contributed by atoms with Gasteiger partial charge in [0.05, 0.1) is 0 Å². The van der Waals surface area contributed by atoms with Gasteiger partial charge in [0.1, 0.15) is 0 Å². The number of nitrogen functional groups attached to an aromatic ring is 1. The first-order valence-electron chi connectivity index (χ1n) is 5.20. The van der Waals surface area contributed by atoms with E-state index in [0.717, 1.165) is 11.9 Å². The van der Waals surface area contributed by atoms with Gasteiger partial charge in [-0.25, -0.2) is 0 Å². The van der Waals surface area contributed by atoms with Gasteiger partial charge in [0.25, 0.3) is 5.72 Å². The van der Waals surface area contributed by atoms with Crippen LogP contribution in [0.5, 0.6) is 0 Å². The fraction of sp³-hybridized carbons (Fsp3) is 0.364. The average Bonchev–Trinajstić information content (AvgIpc) is 2.81. The van der Waals surface area contributed by atoms with Crippen molar-refractivity contribution in [2.45, 2.75) is 11.2 Å². The zero-order valence-electron chi connectivity index (χ0n) is 9.99. The minimum Gasteiger partial charge on any atom is -0.399 e. The minimum atomic E-state index is -1.44. The highest BCUT2D eigenvalue weighted by atomic mass is 32.2. The molecule has 1 aliphatic heterocycles. The molecule has 0 amide bonds. The first-order valence-corrected chi connectivity index (χ1v) is 6.04. The van der Waals surface area contributed by atoms with Crippen LogP contribution in [0.2, 0.25) is 0 Å². The average molecular weight is 267 g/mol. The van der Waals surface area contributed by atoms with Crippen molar-refractivity contribution in [3.63, 3.8) is 0 Å². The molecule has 96 valence electrons. The van der Waals surface area contributed by atoms with Crippen LogP contribution in [0.3, 0.4) is 0 Å². The summed E-state index contributed by atoms with van der Waals surface area (Å²) in [6.45, 7) is 0. The number of hydrogen-bond donors (Lipinski definition) is 1. The van der Waals surface area contributed by atoms with Crippen LogP contribution >= 0.6 is 11.9 Å². The summed E-state index contributed by atoms with van der Waals surface area (Å²) in [6, 6.07) is 6.64. The van der Waals surface area contributed by atoms with E-state index in [1.54, 1.807) is 24.3 Å². The zero-order valence-corrected chi connectivity index (χ0v) is 10.8. The molecule has 1 aromatic carbocycles. The fourth-order valence-corrected chi connectivity index (χ4v) is 2.45. The van der Waals surface area contributed by atoms with E-state index in [1.165, 1.54) is 14.2 Å². The smallest absolute Gasteiger partial charge is 0.281 e. The van der Waals surface area contributed by atoms with Gasteiger partial charge < -0.3 is 15.2 Å². The summed E-state index contributed by atoms with van der Waals surface area (Å²) >= 11 is 1.06. The lowest BCUT2D eigenvalue weighted by molar-refractivity contribution is -0.0496. The first-order chi connectivity index (χ1) is 8.64. The first kappa shape index (κ1) is 13.0. The second-order valence-corrected chi connectivity index (χ2v) is 4.51. The number of methoxy groups -OCH3 is 2. The van der Waals surface area contributed by atoms with E-state index in [4.69, 9.17) is 15.2 Å². The van der Waals surface area contributed by atoms with Gasteiger partial charge >= 0.3 is 0 Å². The third-order valence-corrected chi connectivity index (χ3v) is 3.53. The molecule has 2 atom stereocenters. The van der Waals surface area contributed by atoms with Crippen LogP contribution in [0.4, 0.5) is 5.69 Å². The molecule has 0 aromatic heterocycles. The second kappa shape index (κ2) is 5.05. The number of rotatable bonds is 4. The molecule has 2 N–H and O–H groups in total. The molecule has 6 nitrogen and oxygen atoms in total. The van der Waals surface area contributed by atoms with E-state index in [2.05, 4.69) is 9.63 Å². The molecule has 1 aliphatic rings. The Morgan fingerprint density at radius 3 is 2.89 bits per heavy atom. The number of benzene rings is 1. The van der Waals surface area contributed by atoms with E-state index < -0.39 is 11.2 Å². The summed E-state index contributed by atoms with van der Waals surface area (Å²) in [6.07, 6.45) is 0. The fourth-order valence-electron chi connectivity index (χ4n) is 1.72. The highest BCUT2D eigenvalue weighted by molar-refractivity contribution is 7.98. The van der Waals surface area contributed by atoms with Crippen LogP contribution in [0.25, 0.3) is 0 Å². The monoisotopic (exact) mass is 267 g/mol. The molecule has 2 rings (SSSR count). The number of anilines is 1. The number of hydrogen-bond acceptors (Lipinski definition) is 7. The Morgan fingerprint density at radius 2 is 2.28 bits per heavy atom. The van der Waals surface area contributed by atoms with Gasteiger partial charge in [-0.3, -0.25) is 4.79 Å². The molecule has 18 heavy (non-hydrogen) atoms. The molecule has 0 aliphatic carbocycles. The molecular weight excluding hydrogens is 254 g/mol. The maximum Gasteiger partial charge on any atom is 0.281 e. The van der Waals surface area contributed by atoms with Gasteiger partial charge in [0.2, 0.25) is 5.78 Å². The van der Waals surface area contributed by atoms with E-state index in [9.17, 15) is 4.79 Å². The van der Waals surface area contributed by atoms with Gasteiger partial charge in [0, 0.05) is 37.4 Å². The Kier molecular flexibility index (Phi) is 3.65. The Balaban J connectivity index is 2.39. The van der Waals surface area contributed by atoms with Crippen LogP contribution < -0.4 is 5.73 Å². The molecule has 1 heterocycles. The Morgan fingerprint density at radius 1 is 1.50 bits per heavy atom. The number of nitrogens with zero attached hydrogens (tertiary/aromatic N) is 2. The Hall–Kier alpha value is -1.44. The topological polar surface area (TPSA) is 86.3 Å². The molecule has 0 bridgehead atoms. The van der Waals surface area contributed by atoms with E-state index in [1.807, 2.05) is 0 Å². The standard InChI is InChI=1S/C11H13N3O3S/c1-16-10-11(17-2,13-14-18-10)9(15)7-4-3-5-8(12)6-7/h3-6,10H,12H2,1-2H3. The molecular formula is C11H13N3O3S. The molecule has 2 unspecified atom stereocenters. The van der Waals surface area contributed by atoms with Gasteiger partial charge in [0.15, 0.2) is 5.44 Å². The number of carbonyl (C=O) groups excluding carboxylic acids is 1. The summed E-state index contributed by atoms with van der Waals surface area (Å²) in [5, 5.41) is 3.89. The van der Waals surface area contributed by atoms with Crippen molar-refractivity contribution >= 4 is 23.4 Å². The molecule has 0 fully saturated rings. The van der Waals surface area contributed by atoms with E-state index in [-0.39, 0.29) is 5.78 Å². The summed E-state index contributed by atoms with van der Waals surface area (Å²) in [7, 11) is 2.88. The molecule has 0 radical (unpaired) electrons. The number of ketones is 1. The maximum absolute atomic E-state index is 12.5. The predicted molar refractivity (Wildman–Crippen MR) is 68.2 cm³/mol. The van der Waals surface area contributed by atoms with Crippen molar-refractivity contribution in [1.29, 1.82) is 0 Å². The second-order valence-electron chi connectivity index (χ2n) is 3.71. The summed E-state index contributed by atoms with van der Waals surface area (Å²) in [5.74, 6) is -0.321. The minimum absolute atomic E-state index is 0.321. The lowest BCUT2D eigenvalue weighted by Gasteiger charge is -2.26. The molecule has 7 heteroatoms. The molecule has 0 saturated heterocycles. The highest BCUT2D eigenvalue weighted by Gasteiger charge is 2.52. The van der Waals surface area contributed by atoms with Gasteiger partial charge in [-0.2, -0.15) is 0 Å². The van der Waals surface area contributed by atoms with Crippen molar-refractivity contribution < 1.29 is 14.3 Å². The van der Waals surface area contributed by atoms with Crippen LogP contribution in [-0.2, 0) is 9.47 Å². The van der Waals surface area contributed by atoms with Crippen LogP contribution in [0.1, 0.15) is 10.4 Å². The third-order valence-electron chi connectivity index (χ3n) is 2.65. The van der Waals surface area contributed by atoms with E-state index in [0.29, 0.717) is 11.3 Å². The number of carbonyl (C=O) groups is 1. The van der Waals surface area contributed by atoms with Crippen molar-refractivity contribution in [1.82, 2.24) is 0 Å². The number of Topliss-reactive ketones (excluding diaryl/α,β-unsaturated/α-hetero) is 1. The van der Waals surface area contributed by atoms with Crippen LogP contribution in [-0.4, -0.2) is 31.2 Å².